The minimum atomic E-state index is -4.95. The number of hydrogen-bond donors (Lipinski definition) is 1. The molecule has 1 aliphatic rings. The SMILES string of the molecule is O=C(O)c1c(C(F)(F)F)nn2c1N(Cc1cccc(C(F)(F)F)c1)CC2. The summed E-state index contributed by atoms with van der Waals surface area (Å²) in [7, 11) is 0. The van der Waals surface area contributed by atoms with E-state index in [2.05, 4.69) is 5.10 Å². The normalized spacial score (nSPS) is 14.6. The van der Waals surface area contributed by atoms with Gasteiger partial charge in [0.1, 0.15) is 11.4 Å². The lowest BCUT2D eigenvalue weighted by Crippen LogP contribution is -2.23. The van der Waals surface area contributed by atoms with Crippen LogP contribution >= 0.6 is 0 Å². The van der Waals surface area contributed by atoms with Crippen molar-refractivity contribution in [3.8, 4) is 0 Å². The van der Waals surface area contributed by atoms with Crippen LogP contribution in [0.15, 0.2) is 24.3 Å². The largest absolute Gasteiger partial charge is 0.477 e. The first-order valence-corrected chi connectivity index (χ1v) is 7.31. The second kappa shape index (κ2) is 5.92. The van der Waals surface area contributed by atoms with Gasteiger partial charge in [-0.25, -0.2) is 9.48 Å². The van der Waals surface area contributed by atoms with E-state index < -0.39 is 35.1 Å². The van der Waals surface area contributed by atoms with E-state index in [-0.39, 0.29) is 31.0 Å². The number of aromatic nitrogens is 2. The summed E-state index contributed by atoms with van der Waals surface area (Å²) in [4.78, 5) is 12.6. The van der Waals surface area contributed by atoms with Crippen LogP contribution in [0.4, 0.5) is 32.2 Å². The van der Waals surface area contributed by atoms with E-state index in [4.69, 9.17) is 0 Å². The fourth-order valence-electron chi connectivity index (χ4n) is 2.87. The predicted molar refractivity (Wildman–Crippen MR) is 76.7 cm³/mol. The number of aromatic carboxylic acids is 1. The van der Waals surface area contributed by atoms with E-state index in [0.29, 0.717) is 0 Å². The number of fused-ring (bicyclic) bond motifs is 1. The first kappa shape index (κ1) is 18.1. The molecule has 0 bridgehead atoms. The maximum absolute atomic E-state index is 13.0. The number of alkyl halides is 6. The van der Waals surface area contributed by atoms with Gasteiger partial charge < -0.3 is 10.0 Å². The molecular formula is C15H11F6N3O2. The molecular weight excluding hydrogens is 368 g/mol. The van der Waals surface area contributed by atoms with Crippen molar-refractivity contribution in [2.75, 3.05) is 11.4 Å². The Kier molecular flexibility index (Phi) is 4.12. The van der Waals surface area contributed by atoms with Crippen LogP contribution in [0.2, 0.25) is 0 Å². The van der Waals surface area contributed by atoms with Gasteiger partial charge in [0.05, 0.1) is 12.1 Å². The van der Waals surface area contributed by atoms with Crippen molar-refractivity contribution in [1.29, 1.82) is 0 Å². The van der Waals surface area contributed by atoms with Gasteiger partial charge >= 0.3 is 18.3 Å². The predicted octanol–water partition coefficient (Wildman–Crippen LogP) is 3.64. The molecule has 1 aromatic heterocycles. The van der Waals surface area contributed by atoms with Crippen molar-refractivity contribution in [2.45, 2.75) is 25.4 Å². The Hall–Kier alpha value is -2.72. The second-order valence-electron chi connectivity index (χ2n) is 5.69. The van der Waals surface area contributed by atoms with Gasteiger partial charge in [0.15, 0.2) is 5.69 Å². The van der Waals surface area contributed by atoms with Gasteiger partial charge in [0.2, 0.25) is 0 Å². The number of carbonyl (C=O) groups is 1. The number of halogens is 6. The molecule has 5 nitrogen and oxygen atoms in total. The minimum absolute atomic E-state index is 0.00462. The average molecular weight is 379 g/mol. The molecule has 2 aromatic rings. The number of hydrogen-bond acceptors (Lipinski definition) is 3. The molecule has 0 radical (unpaired) electrons. The van der Waals surface area contributed by atoms with E-state index >= 15 is 0 Å². The summed E-state index contributed by atoms with van der Waals surface area (Å²) in [6.45, 7) is -0.0329. The van der Waals surface area contributed by atoms with Crippen LogP contribution in [0.3, 0.4) is 0 Å². The highest BCUT2D eigenvalue weighted by atomic mass is 19.4. The molecule has 0 aliphatic carbocycles. The second-order valence-corrected chi connectivity index (χ2v) is 5.69. The van der Waals surface area contributed by atoms with Crippen LogP contribution in [-0.4, -0.2) is 27.4 Å². The standard InChI is InChI=1S/C15H11F6N3O2/c16-14(17,18)9-3-1-2-8(6-9)7-23-4-5-24-12(23)10(13(25)26)11(22-24)15(19,20)21/h1-3,6H,4-5,7H2,(H,25,26). The smallest absolute Gasteiger partial charge is 0.436 e. The molecule has 1 aromatic carbocycles. The average Bonchev–Trinajstić information content (AvgIpc) is 3.06. The van der Waals surface area contributed by atoms with Gasteiger partial charge in [-0.05, 0) is 17.7 Å². The molecule has 0 saturated heterocycles. The Morgan fingerprint density at radius 2 is 1.81 bits per heavy atom. The van der Waals surface area contributed by atoms with Crippen molar-refractivity contribution in [3.05, 3.63) is 46.6 Å². The summed E-state index contributed by atoms with van der Waals surface area (Å²) in [6.07, 6.45) is -9.51. The van der Waals surface area contributed by atoms with Crippen molar-refractivity contribution < 1.29 is 36.2 Å². The van der Waals surface area contributed by atoms with Crippen LogP contribution in [0.5, 0.6) is 0 Å². The van der Waals surface area contributed by atoms with Gasteiger partial charge in [0, 0.05) is 13.1 Å². The molecule has 0 fully saturated rings. The molecule has 11 heteroatoms. The van der Waals surface area contributed by atoms with Crippen LogP contribution in [0.25, 0.3) is 0 Å². The Labute approximate surface area is 142 Å². The fraction of sp³-hybridized carbons (Fsp3) is 0.333. The maximum atomic E-state index is 13.0. The Morgan fingerprint density at radius 3 is 2.38 bits per heavy atom. The monoisotopic (exact) mass is 379 g/mol. The lowest BCUT2D eigenvalue weighted by Gasteiger charge is -2.19. The molecule has 3 rings (SSSR count). The summed E-state index contributed by atoms with van der Waals surface area (Å²) in [5, 5.41) is 12.5. The van der Waals surface area contributed by atoms with Gasteiger partial charge in [-0.2, -0.15) is 31.4 Å². The Morgan fingerprint density at radius 1 is 1.12 bits per heavy atom. The zero-order chi connectivity index (χ0) is 19.3. The lowest BCUT2D eigenvalue weighted by molar-refractivity contribution is -0.142. The van der Waals surface area contributed by atoms with Gasteiger partial charge in [-0.3, -0.25) is 0 Å². The fourth-order valence-corrected chi connectivity index (χ4v) is 2.87. The third-order valence-electron chi connectivity index (χ3n) is 3.92. The number of anilines is 1. The molecule has 0 spiro atoms. The van der Waals surface area contributed by atoms with Crippen molar-refractivity contribution in [1.82, 2.24) is 9.78 Å². The molecule has 0 atom stereocenters. The van der Waals surface area contributed by atoms with Crippen molar-refractivity contribution in [3.63, 3.8) is 0 Å². The first-order chi connectivity index (χ1) is 12.0. The zero-order valence-corrected chi connectivity index (χ0v) is 12.9. The van der Waals surface area contributed by atoms with Crippen LogP contribution in [-0.2, 0) is 25.4 Å². The molecule has 2 heterocycles. The quantitative estimate of drug-likeness (QED) is 0.828. The number of benzene rings is 1. The molecule has 26 heavy (non-hydrogen) atoms. The molecule has 0 amide bonds. The van der Waals surface area contributed by atoms with Gasteiger partial charge in [-0.15, -0.1) is 0 Å². The van der Waals surface area contributed by atoms with E-state index in [1.165, 1.54) is 17.0 Å². The minimum Gasteiger partial charge on any atom is -0.477 e. The molecule has 0 unspecified atom stereocenters. The summed E-state index contributed by atoms with van der Waals surface area (Å²) in [5.41, 5.74) is -3.22. The molecule has 1 N–H and O–H groups in total. The highest BCUT2D eigenvalue weighted by Crippen LogP contribution is 2.38. The summed E-state index contributed by atoms with van der Waals surface area (Å²) in [6, 6.07) is 4.33. The van der Waals surface area contributed by atoms with Gasteiger partial charge in [0.25, 0.3) is 0 Å². The van der Waals surface area contributed by atoms with E-state index in [0.717, 1.165) is 16.8 Å². The van der Waals surface area contributed by atoms with Crippen molar-refractivity contribution in [2.24, 2.45) is 0 Å². The third-order valence-corrected chi connectivity index (χ3v) is 3.92. The summed E-state index contributed by atoms with van der Waals surface area (Å²) >= 11 is 0. The van der Waals surface area contributed by atoms with Crippen molar-refractivity contribution >= 4 is 11.8 Å². The number of carboxylic acids is 1. The number of carboxylic acid groups (broad SMARTS) is 1. The number of nitrogens with zero attached hydrogens (tertiary/aromatic N) is 3. The van der Waals surface area contributed by atoms with E-state index in [1.54, 1.807) is 0 Å². The topological polar surface area (TPSA) is 58.4 Å². The molecule has 1 aliphatic heterocycles. The Balaban J connectivity index is 1.98. The lowest BCUT2D eigenvalue weighted by atomic mass is 10.1. The zero-order valence-electron chi connectivity index (χ0n) is 12.9. The number of rotatable bonds is 3. The van der Waals surface area contributed by atoms with Crippen LogP contribution < -0.4 is 4.90 Å². The highest BCUT2D eigenvalue weighted by Gasteiger charge is 2.44. The molecule has 140 valence electrons. The maximum Gasteiger partial charge on any atom is 0.436 e. The van der Waals surface area contributed by atoms with Crippen LogP contribution in [0, 0.1) is 0 Å². The summed E-state index contributed by atoms with van der Waals surface area (Å²) < 4.78 is 78.4. The molecule has 0 saturated carbocycles. The first-order valence-electron chi connectivity index (χ1n) is 7.31. The van der Waals surface area contributed by atoms with E-state index in [1.807, 2.05) is 0 Å². The van der Waals surface area contributed by atoms with Gasteiger partial charge in [-0.1, -0.05) is 12.1 Å². The summed E-state index contributed by atoms with van der Waals surface area (Å²) in [5.74, 6) is -2.06. The van der Waals surface area contributed by atoms with Crippen LogP contribution in [0.1, 0.15) is 27.2 Å². The third kappa shape index (κ3) is 3.20. The Bertz CT molecular complexity index is 856. The van der Waals surface area contributed by atoms with E-state index in [9.17, 15) is 36.2 Å². The highest BCUT2D eigenvalue weighted by molar-refractivity contribution is 5.95.